The minimum Gasteiger partial charge on any atom is -0.493 e. The summed E-state index contributed by atoms with van der Waals surface area (Å²) in [4.78, 5) is 24.4. The monoisotopic (exact) mass is 413 g/mol. The lowest BCUT2D eigenvalue weighted by Crippen LogP contribution is -2.34. The number of hydrogen-bond acceptors (Lipinski definition) is 4. The number of para-hydroxylation sites is 1. The zero-order valence-electron chi connectivity index (χ0n) is 17.0. The molecule has 0 saturated carbocycles. The van der Waals surface area contributed by atoms with Gasteiger partial charge >= 0.3 is 0 Å². The van der Waals surface area contributed by atoms with Crippen LogP contribution in [0.4, 0.5) is 5.69 Å². The fraction of sp³-hybridized carbons (Fsp3) is 0.318. The summed E-state index contributed by atoms with van der Waals surface area (Å²) in [6.45, 7) is 7.21. The lowest BCUT2D eigenvalue weighted by molar-refractivity contribution is 0.0952. The third kappa shape index (κ3) is 7.19. The minimum atomic E-state index is -0.346. The molecular weight excluding hydrogens is 386 g/mol. The van der Waals surface area contributed by atoms with Crippen molar-refractivity contribution in [3.63, 3.8) is 0 Å². The van der Waals surface area contributed by atoms with Crippen LogP contribution in [0.3, 0.4) is 0 Å². The molecule has 2 aromatic carbocycles. The van der Waals surface area contributed by atoms with E-state index in [0.717, 1.165) is 6.42 Å². The number of amides is 2. The van der Waals surface area contributed by atoms with Gasteiger partial charge in [-0.25, -0.2) is 0 Å². The molecule has 2 aromatic rings. The Morgan fingerprint density at radius 1 is 1.03 bits per heavy atom. The van der Waals surface area contributed by atoms with Gasteiger partial charge in [0, 0.05) is 17.8 Å². The molecule has 0 radical (unpaired) electrons. The summed E-state index contributed by atoms with van der Waals surface area (Å²) < 4.78 is 5.76. The summed E-state index contributed by atoms with van der Waals surface area (Å²) in [5.41, 5.74) is 1.65. The smallest absolute Gasteiger partial charge is 0.261 e. The Bertz CT molecular complexity index is 851. The van der Waals surface area contributed by atoms with Gasteiger partial charge in [0.1, 0.15) is 5.75 Å². The SMILES string of the molecule is CCNC(=O)c1ccc(NC(=S)NC(=O)c2ccccc2OCCC(C)C)cc1. The van der Waals surface area contributed by atoms with Crippen LogP contribution in [-0.2, 0) is 0 Å². The van der Waals surface area contributed by atoms with Gasteiger partial charge in [-0.1, -0.05) is 26.0 Å². The van der Waals surface area contributed by atoms with Crippen LogP contribution in [0.2, 0.25) is 0 Å². The van der Waals surface area contributed by atoms with Crippen molar-refractivity contribution < 1.29 is 14.3 Å². The molecule has 0 aliphatic carbocycles. The normalized spacial score (nSPS) is 10.3. The quantitative estimate of drug-likeness (QED) is 0.571. The summed E-state index contributed by atoms with van der Waals surface area (Å²) >= 11 is 5.24. The second-order valence-corrected chi connectivity index (χ2v) is 7.28. The van der Waals surface area contributed by atoms with Crippen LogP contribution in [0.5, 0.6) is 5.75 Å². The molecule has 0 atom stereocenters. The predicted molar refractivity (Wildman–Crippen MR) is 120 cm³/mol. The maximum absolute atomic E-state index is 12.6. The lowest BCUT2D eigenvalue weighted by Gasteiger charge is -2.14. The van der Waals surface area contributed by atoms with Crippen molar-refractivity contribution in [2.24, 2.45) is 5.92 Å². The van der Waals surface area contributed by atoms with Crippen LogP contribution in [0.15, 0.2) is 48.5 Å². The first-order valence-corrected chi connectivity index (χ1v) is 10.0. The molecule has 3 N–H and O–H groups in total. The number of nitrogens with one attached hydrogen (secondary N) is 3. The van der Waals surface area contributed by atoms with E-state index >= 15 is 0 Å². The van der Waals surface area contributed by atoms with E-state index in [9.17, 15) is 9.59 Å². The summed E-state index contributed by atoms with van der Waals surface area (Å²) in [7, 11) is 0. The molecule has 0 aliphatic heterocycles. The molecule has 2 amide bonds. The van der Waals surface area contributed by atoms with Gasteiger partial charge in [-0.05, 0) is 67.9 Å². The highest BCUT2D eigenvalue weighted by molar-refractivity contribution is 7.80. The number of benzene rings is 2. The first-order chi connectivity index (χ1) is 13.9. The van der Waals surface area contributed by atoms with E-state index in [2.05, 4.69) is 29.8 Å². The number of ether oxygens (including phenoxy) is 1. The number of carbonyl (C=O) groups is 2. The third-order valence-corrected chi connectivity index (χ3v) is 4.26. The van der Waals surface area contributed by atoms with E-state index in [4.69, 9.17) is 17.0 Å². The molecule has 0 fully saturated rings. The number of anilines is 1. The third-order valence-electron chi connectivity index (χ3n) is 4.05. The van der Waals surface area contributed by atoms with Crippen LogP contribution in [0.1, 0.15) is 47.9 Å². The standard InChI is InChI=1S/C22H27N3O3S/c1-4-23-20(26)16-9-11-17(12-10-16)24-22(29)25-21(27)18-7-5-6-8-19(18)28-14-13-15(2)3/h5-12,15H,4,13-14H2,1-3H3,(H,23,26)(H2,24,25,27,29). The van der Waals surface area contributed by atoms with Gasteiger partial charge in [0.15, 0.2) is 5.11 Å². The fourth-order valence-electron chi connectivity index (χ4n) is 2.49. The Morgan fingerprint density at radius 2 is 1.72 bits per heavy atom. The summed E-state index contributed by atoms with van der Waals surface area (Å²) in [6, 6.07) is 13.9. The summed E-state index contributed by atoms with van der Waals surface area (Å²) in [5.74, 6) is 0.567. The summed E-state index contributed by atoms with van der Waals surface area (Å²) in [5, 5.41) is 8.51. The first kappa shape index (κ1) is 22.4. The van der Waals surface area contributed by atoms with Crippen molar-refractivity contribution >= 4 is 34.8 Å². The Balaban J connectivity index is 1.95. The molecule has 154 valence electrons. The average Bonchev–Trinajstić information content (AvgIpc) is 2.68. The highest BCUT2D eigenvalue weighted by Crippen LogP contribution is 2.19. The number of carbonyl (C=O) groups excluding carboxylic acids is 2. The van der Waals surface area contributed by atoms with Crippen molar-refractivity contribution in [3.8, 4) is 5.75 Å². The van der Waals surface area contributed by atoms with E-state index in [1.165, 1.54) is 0 Å². The van der Waals surface area contributed by atoms with Gasteiger partial charge in [0.25, 0.3) is 11.8 Å². The molecule has 29 heavy (non-hydrogen) atoms. The van der Waals surface area contributed by atoms with Crippen molar-refractivity contribution in [2.75, 3.05) is 18.5 Å². The van der Waals surface area contributed by atoms with E-state index in [1.54, 1.807) is 42.5 Å². The molecule has 2 rings (SSSR count). The highest BCUT2D eigenvalue weighted by Gasteiger charge is 2.14. The number of thiocarbonyl (C=S) groups is 1. The molecule has 0 unspecified atom stereocenters. The van der Waals surface area contributed by atoms with E-state index < -0.39 is 0 Å². The molecule has 0 bridgehead atoms. The Labute approximate surface area is 177 Å². The average molecular weight is 414 g/mol. The van der Waals surface area contributed by atoms with Crippen molar-refractivity contribution in [3.05, 3.63) is 59.7 Å². The maximum atomic E-state index is 12.6. The fourth-order valence-corrected chi connectivity index (χ4v) is 2.70. The second-order valence-electron chi connectivity index (χ2n) is 6.87. The van der Waals surface area contributed by atoms with Crippen molar-refractivity contribution in [1.29, 1.82) is 0 Å². The van der Waals surface area contributed by atoms with Gasteiger partial charge in [0.05, 0.1) is 12.2 Å². The number of hydrogen-bond donors (Lipinski definition) is 3. The van der Waals surface area contributed by atoms with E-state index in [1.807, 2.05) is 13.0 Å². The molecular formula is C22H27N3O3S. The Hall–Kier alpha value is -2.93. The topological polar surface area (TPSA) is 79.5 Å². The minimum absolute atomic E-state index is 0.135. The van der Waals surface area contributed by atoms with Gasteiger partial charge < -0.3 is 15.4 Å². The zero-order valence-corrected chi connectivity index (χ0v) is 17.8. The summed E-state index contributed by atoms with van der Waals surface area (Å²) in [6.07, 6.45) is 0.905. The predicted octanol–water partition coefficient (Wildman–Crippen LogP) is 3.99. The maximum Gasteiger partial charge on any atom is 0.261 e. The van der Waals surface area contributed by atoms with Crippen LogP contribution in [-0.4, -0.2) is 30.1 Å². The zero-order chi connectivity index (χ0) is 21.2. The molecule has 0 aliphatic rings. The van der Waals surface area contributed by atoms with Gasteiger partial charge in [-0.2, -0.15) is 0 Å². The van der Waals surface area contributed by atoms with Gasteiger partial charge in [-0.3, -0.25) is 14.9 Å². The molecule has 0 spiro atoms. The van der Waals surface area contributed by atoms with Crippen LogP contribution >= 0.6 is 12.2 Å². The largest absolute Gasteiger partial charge is 0.493 e. The molecule has 0 saturated heterocycles. The Morgan fingerprint density at radius 3 is 2.38 bits per heavy atom. The molecule has 7 heteroatoms. The van der Waals surface area contributed by atoms with Crippen LogP contribution in [0, 0.1) is 5.92 Å². The Kier molecular flexibility index (Phi) is 8.61. The van der Waals surface area contributed by atoms with E-state index in [0.29, 0.717) is 41.6 Å². The number of rotatable bonds is 8. The molecule has 6 nitrogen and oxygen atoms in total. The van der Waals surface area contributed by atoms with Crippen molar-refractivity contribution in [2.45, 2.75) is 27.2 Å². The first-order valence-electron chi connectivity index (χ1n) is 9.63. The lowest BCUT2D eigenvalue weighted by atomic mass is 10.1. The molecule has 0 aromatic heterocycles. The van der Waals surface area contributed by atoms with E-state index in [-0.39, 0.29) is 16.9 Å². The van der Waals surface area contributed by atoms with Crippen molar-refractivity contribution in [1.82, 2.24) is 10.6 Å². The highest BCUT2D eigenvalue weighted by atomic mass is 32.1. The van der Waals surface area contributed by atoms with Crippen LogP contribution in [0.25, 0.3) is 0 Å². The second kappa shape index (κ2) is 11.2. The van der Waals surface area contributed by atoms with Crippen LogP contribution < -0.4 is 20.7 Å². The molecule has 0 heterocycles. The van der Waals surface area contributed by atoms with Gasteiger partial charge in [0.2, 0.25) is 0 Å². The van der Waals surface area contributed by atoms with Gasteiger partial charge in [-0.15, -0.1) is 0 Å².